The van der Waals surface area contributed by atoms with Crippen molar-refractivity contribution in [2.24, 2.45) is 0 Å². The van der Waals surface area contributed by atoms with E-state index in [-0.39, 0.29) is 18.9 Å². The Kier molecular flexibility index (Phi) is 1.89. The quantitative estimate of drug-likeness (QED) is 0.625. The third-order valence-corrected chi connectivity index (χ3v) is 2.71. The lowest BCUT2D eigenvalue weighted by Crippen LogP contribution is -2.04. The first-order valence-electron chi connectivity index (χ1n) is 5.06. The highest BCUT2D eigenvalue weighted by molar-refractivity contribution is 5.89. The van der Waals surface area contributed by atoms with Gasteiger partial charge >= 0.3 is 5.97 Å². The number of carbonyl (C=O) groups is 1. The second-order valence-electron chi connectivity index (χ2n) is 3.75. The van der Waals surface area contributed by atoms with E-state index >= 15 is 0 Å². The zero-order valence-corrected chi connectivity index (χ0v) is 8.73. The molecule has 0 aromatic heterocycles. The molecule has 0 saturated carbocycles. The third-order valence-electron chi connectivity index (χ3n) is 2.71. The van der Waals surface area contributed by atoms with Crippen molar-refractivity contribution in [3.8, 4) is 11.5 Å². The molecule has 0 aliphatic carbocycles. The fourth-order valence-electron chi connectivity index (χ4n) is 1.90. The molecule has 82 valence electrons. The normalized spacial score (nSPS) is 21.3. The second kappa shape index (κ2) is 3.27. The second-order valence-corrected chi connectivity index (χ2v) is 3.75. The number of esters is 1. The zero-order chi connectivity index (χ0) is 11.1. The molecule has 1 atom stereocenters. The molecule has 2 aliphatic heterocycles. The predicted octanol–water partition coefficient (Wildman–Crippen LogP) is 2.05. The van der Waals surface area contributed by atoms with Gasteiger partial charge in [-0.2, -0.15) is 0 Å². The van der Waals surface area contributed by atoms with Crippen molar-refractivity contribution >= 4 is 12.0 Å². The van der Waals surface area contributed by atoms with Gasteiger partial charge in [-0.15, -0.1) is 0 Å². The van der Waals surface area contributed by atoms with Crippen molar-refractivity contribution in [3.63, 3.8) is 0 Å². The minimum absolute atomic E-state index is 0.246. The van der Waals surface area contributed by atoms with Gasteiger partial charge in [-0.05, 0) is 30.7 Å². The maximum Gasteiger partial charge on any atom is 0.331 e. The lowest BCUT2D eigenvalue weighted by atomic mass is 10.0. The summed E-state index contributed by atoms with van der Waals surface area (Å²) in [7, 11) is 0. The Bertz CT molecular complexity index is 490. The van der Waals surface area contributed by atoms with Crippen molar-refractivity contribution in [1.29, 1.82) is 0 Å². The third kappa shape index (κ3) is 1.34. The molecular weight excluding hydrogens is 208 g/mol. The summed E-state index contributed by atoms with van der Waals surface area (Å²) in [6.45, 7) is 2.09. The fourth-order valence-corrected chi connectivity index (χ4v) is 1.90. The van der Waals surface area contributed by atoms with Gasteiger partial charge in [0, 0.05) is 11.6 Å². The number of fused-ring (bicyclic) bond motifs is 2. The summed E-state index contributed by atoms with van der Waals surface area (Å²) in [4.78, 5) is 11.2. The summed E-state index contributed by atoms with van der Waals surface area (Å²) >= 11 is 0. The van der Waals surface area contributed by atoms with E-state index in [1.165, 1.54) is 6.08 Å². The highest BCUT2D eigenvalue weighted by atomic mass is 16.7. The van der Waals surface area contributed by atoms with Gasteiger partial charge in [0.2, 0.25) is 6.79 Å². The molecule has 0 spiro atoms. The molecule has 0 N–H and O–H groups in total. The minimum Gasteiger partial charge on any atom is -0.455 e. The van der Waals surface area contributed by atoms with E-state index in [2.05, 4.69) is 0 Å². The number of cyclic esters (lactones) is 1. The van der Waals surface area contributed by atoms with Crippen molar-refractivity contribution in [2.45, 2.75) is 13.0 Å². The molecule has 2 heterocycles. The highest BCUT2D eigenvalue weighted by Crippen LogP contribution is 2.38. The van der Waals surface area contributed by atoms with Crippen LogP contribution in [0, 0.1) is 0 Å². The van der Waals surface area contributed by atoms with E-state index in [1.54, 1.807) is 6.08 Å². The maximum atomic E-state index is 11.2. The summed E-state index contributed by atoms with van der Waals surface area (Å²) in [5, 5.41) is 0. The van der Waals surface area contributed by atoms with Crippen LogP contribution in [-0.2, 0) is 9.53 Å². The molecule has 3 rings (SSSR count). The number of hydrogen-bond acceptors (Lipinski definition) is 4. The van der Waals surface area contributed by atoms with Gasteiger partial charge in [0.15, 0.2) is 11.5 Å². The lowest BCUT2D eigenvalue weighted by molar-refractivity contribution is -0.142. The summed E-state index contributed by atoms with van der Waals surface area (Å²) in [5.41, 5.74) is 1.87. The number of carbonyl (C=O) groups excluding carboxylic acids is 1. The molecule has 2 aliphatic rings. The van der Waals surface area contributed by atoms with Crippen LogP contribution >= 0.6 is 0 Å². The number of ether oxygens (including phenoxy) is 3. The molecule has 4 heteroatoms. The van der Waals surface area contributed by atoms with Crippen molar-refractivity contribution < 1.29 is 19.0 Å². The van der Waals surface area contributed by atoms with Gasteiger partial charge in [-0.25, -0.2) is 4.79 Å². The molecule has 0 amide bonds. The van der Waals surface area contributed by atoms with Gasteiger partial charge in [0.25, 0.3) is 0 Å². The first-order valence-corrected chi connectivity index (χ1v) is 5.06. The molecule has 1 unspecified atom stereocenters. The minimum atomic E-state index is -0.328. The smallest absolute Gasteiger partial charge is 0.331 e. The SMILES string of the molecule is CC1OC(=O)C=Cc2cc3c(cc21)OCO3. The van der Waals surface area contributed by atoms with Crippen LogP contribution < -0.4 is 9.47 Å². The highest BCUT2D eigenvalue weighted by Gasteiger charge is 2.22. The number of benzene rings is 1. The molecule has 0 fully saturated rings. The van der Waals surface area contributed by atoms with Crippen molar-refractivity contribution in [2.75, 3.05) is 6.79 Å². The molecule has 1 aromatic carbocycles. The largest absolute Gasteiger partial charge is 0.455 e. The summed E-state index contributed by atoms with van der Waals surface area (Å²) in [6.07, 6.45) is 2.89. The molecular formula is C12H10O4. The number of hydrogen-bond donors (Lipinski definition) is 0. The van der Waals surface area contributed by atoms with Gasteiger partial charge in [0.05, 0.1) is 0 Å². The maximum absolute atomic E-state index is 11.2. The average Bonchev–Trinajstić information content (AvgIpc) is 2.66. The predicted molar refractivity (Wildman–Crippen MR) is 56.1 cm³/mol. The van der Waals surface area contributed by atoms with Gasteiger partial charge in [-0.1, -0.05) is 0 Å². The Labute approximate surface area is 92.4 Å². The van der Waals surface area contributed by atoms with Crippen molar-refractivity contribution in [1.82, 2.24) is 0 Å². The molecule has 4 nitrogen and oxygen atoms in total. The molecule has 0 bridgehead atoms. The lowest BCUT2D eigenvalue weighted by Gasteiger charge is -2.13. The Balaban J connectivity index is 2.15. The Morgan fingerprint density at radius 2 is 1.94 bits per heavy atom. The Morgan fingerprint density at radius 3 is 2.75 bits per heavy atom. The fraction of sp³-hybridized carbons (Fsp3) is 0.250. The van der Waals surface area contributed by atoms with E-state index in [0.717, 1.165) is 11.1 Å². The standard InChI is InChI=1S/C12H10O4/c1-7-9-5-11-10(14-6-15-11)4-8(9)2-3-12(13)16-7/h2-5,7H,6H2,1H3. The van der Waals surface area contributed by atoms with E-state index in [4.69, 9.17) is 14.2 Å². The van der Waals surface area contributed by atoms with Crippen molar-refractivity contribution in [3.05, 3.63) is 29.3 Å². The number of rotatable bonds is 0. The monoisotopic (exact) mass is 218 g/mol. The van der Waals surface area contributed by atoms with Crippen LogP contribution in [0.2, 0.25) is 0 Å². The molecule has 16 heavy (non-hydrogen) atoms. The average molecular weight is 218 g/mol. The van der Waals surface area contributed by atoms with Gasteiger partial charge in [-0.3, -0.25) is 0 Å². The van der Waals surface area contributed by atoms with Crippen LogP contribution in [0.3, 0.4) is 0 Å². The Morgan fingerprint density at radius 1 is 1.19 bits per heavy atom. The molecule has 1 aromatic rings. The zero-order valence-electron chi connectivity index (χ0n) is 8.73. The molecule has 0 saturated heterocycles. The van der Waals surface area contributed by atoms with Crippen LogP contribution in [0.5, 0.6) is 11.5 Å². The van der Waals surface area contributed by atoms with Gasteiger partial charge in [0.1, 0.15) is 6.10 Å². The van der Waals surface area contributed by atoms with Crippen LogP contribution in [0.15, 0.2) is 18.2 Å². The van der Waals surface area contributed by atoms with Crippen LogP contribution in [0.4, 0.5) is 0 Å². The Hall–Kier alpha value is -1.97. The first kappa shape index (κ1) is 9.27. The summed E-state index contributed by atoms with van der Waals surface area (Å²) < 4.78 is 15.8. The van der Waals surface area contributed by atoms with E-state index in [9.17, 15) is 4.79 Å². The van der Waals surface area contributed by atoms with E-state index in [1.807, 2.05) is 19.1 Å². The molecule has 0 radical (unpaired) electrons. The van der Waals surface area contributed by atoms with Crippen LogP contribution in [0.25, 0.3) is 6.08 Å². The van der Waals surface area contributed by atoms with Crippen LogP contribution in [0.1, 0.15) is 24.2 Å². The summed E-state index contributed by atoms with van der Waals surface area (Å²) in [5.74, 6) is 1.09. The van der Waals surface area contributed by atoms with Crippen LogP contribution in [-0.4, -0.2) is 12.8 Å². The summed E-state index contributed by atoms with van der Waals surface area (Å²) in [6, 6.07) is 3.73. The first-order chi connectivity index (χ1) is 7.74. The van der Waals surface area contributed by atoms with E-state index < -0.39 is 0 Å². The van der Waals surface area contributed by atoms with E-state index in [0.29, 0.717) is 11.5 Å². The topological polar surface area (TPSA) is 44.8 Å². The van der Waals surface area contributed by atoms with Gasteiger partial charge < -0.3 is 14.2 Å².